The van der Waals surface area contributed by atoms with Crippen LogP contribution in [0.3, 0.4) is 0 Å². The second kappa shape index (κ2) is 8.27. The molecule has 0 aliphatic heterocycles. The Morgan fingerprint density at radius 3 is 2.56 bits per heavy atom. The van der Waals surface area contributed by atoms with Gasteiger partial charge in [-0.05, 0) is 31.0 Å². The molecule has 1 fully saturated rings. The maximum Gasteiger partial charge on any atom is 0.387 e. The molecule has 0 atom stereocenters. The number of amides is 3. The fourth-order valence-electron chi connectivity index (χ4n) is 1.81. The number of rotatable bonds is 7. The Balaban J connectivity index is 1.86. The standard InChI is InChI=1S/C15H16F2N2O6/c1-23-11-6-8(2-5-10(11)25-14(16)17)13(21)24-7-12(20)19-15(22)18-9-3-4-9/h2,5-6,9,14H,3-4,7H2,1H3,(H2,18,19,20,22). The SMILES string of the molecule is COc1cc(C(=O)OCC(=O)NC(=O)NC2CC2)ccc1OC(F)F. The monoisotopic (exact) mass is 358 g/mol. The molecule has 0 bridgehead atoms. The normalized spacial score (nSPS) is 13.1. The number of urea groups is 1. The number of methoxy groups -OCH3 is 1. The molecule has 10 heteroatoms. The first-order valence-electron chi connectivity index (χ1n) is 7.29. The highest BCUT2D eigenvalue weighted by molar-refractivity contribution is 5.97. The van der Waals surface area contributed by atoms with Crippen molar-refractivity contribution in [1.82, 2.24) is 10.6 Å². The lowest BCUT2D eigenvalue weighted by molar-refractivity contribution is -0.123. The summed E-state index contributed by atoms with van der Waals surface area (Å²) in [6, 6.07) is 2.86. The van der Waals surface area contributed by atoms with E-state index in [-0.39, 0.29) is 23.1 Å². The van der Waals surface area contributed by atoms with Crippen LogP contribution >= 0.6 is 0 Å². The van der Waals surface area contributed by atoms with Crippen LogP contribution in [0.25, 0.3) is 0 Å². The molecule has 3 amide bonds. The molecule has 1 aliphatic carbocycles. The first-order valence-corrected chi connectivity index (χ1v) is 7.29. The number of carbonyl (C=O) groups excluding carboxylic acids is 3. The molecule has 0 heterocycles. The van der Waals surface area contributed by atoms with E-state index < -0.39 is 31.1 Å². The van der Waals surface area contributed by atoms with Crippen molar-refractivity contribution >= 4 is 17.9 Å². The molecule has 1 aliphatic rings. The lowest BCUT2D eigenvalue weighted by atomic mass is 10.2. The highest BCUT2D eigenvalue weighted by atomic mass is 19.3. The number of imide groups is 1. The van der Waals surface area contributed by atoms with Crippen molar-refractivity contribution in [2.45, 2.75) is 25.5 Å². The Hall–Kier alpha value is -2.91. The maximum atomic E-state index is 12.2. The number of halogens is 2. The predicted molar refractivity (Wildman–Crippen MR) is 79.6 cm³/mol. The van der Waals surface area contributed by atoms with E-state index in [1.807, 2.05) is 5.32 Å². The third-order valence-electron chi connectivity index (χ3n) is 3.12. The van der Waals surface area contributed by atoms with E-state index in [0.29, 0.717) is 0 Å². The summed E-state index contributed by atoms with van der Waals surface area (Å²) in [5.74, 6) is -2.03. The van der Waals surface area contributed by atoms with Crippen molar-refractivity contribution in [1.29, 1.82) is 0 Å². The largest absolute Gasteiger partial charge is 0.493 e. The number of hydrogen-bond donors (Lipinski definition) is 2. The van der Waals surface area contributed by atoms with Crippen LogP contribution in [0.1, 0.15) is 23.2 Å². The van der Waals surface area contributed by atoms with E-state index in [4.69, 9.17) is 9.47 Å². The smallest absolute Gasteiger partial charge is 0.387 e. The van der Waals surface area contributed by atoms with E-state index in [9.17, 15) is 23.2 Å². The molecule has 2 N–H and O–H groups in total. The number of alkyl halides is 2. The number of ether oxygens (including phenoxy) is 3. The van der Waals surface area contributed by atoms with E-state index in [1.165, 1.54) is 13.2 Å². The van der Waals surface area contributed by atoms with Crippen LogP contribution in [0.15, 0.2) is 18.2 Å². The van der Waals surface area contributed by atoms with E-state index in [0.717, 1.165) is 25.0 Å². The zero-order valence-electron chi connectivity index (χ0n) is 13.2. The lowest BCUT2D eigenvalue weighted by Gasteiger charge is -2.11. The van der Waals surface area contributed by atoms with Crippen molar-refractivity contribution in [3.05, 3.63) is 23.8 Å². The summed E-state index contributed by atoms with van der Waals surface area (Å²) in [5.41, 5.74) is -0.0336. The molecule has 25 heavy (non-hydrogen) atoms. The van der Waals surface area contributed by atoms with Crippen LogP contribution in [0.2, 0.25) is 0 Å². The van der Waals surface area contributed by atoms with Crippen molar-refractivity contribution < 1.29 is 37.4 Å². The van der Waals surface area contributed by atoms with Crippen molar-refractivity contribution in [2.75, 3.05) is 13.7 Å². The number of esters is 1. The van der Waals surface area contributed by atoms with Crippen molar-refractivity contribution in [3.8, 4) is 11.5 Å². The molecule has 1 saturated carbocycles. The molecule has 2 rings (SSSR count). The first-order chi connectivity index (χ1) is 11.9. The summed E-state index contributed by atoms with van der Waals surface area (Å²) >= 11 is 0. The molecule has 0 radical (unpaired) electrons. The molecule has 0 unspecified atom stereocenters. The Bertz CT molecular complexity index is 663. The van der Waals surface area contributed by atoms with Gasteiger partial charge in [0, 0.05) is 6.04 Å². The van der Waals surface area contributed by atoms with Gasteiger partial charge in [0.2, 0.25) is 0 Å². The predicted octanol–water partition coefficient (Wildman–Crippen LogP) is 1.44. The van der Waals surface area contributed by atoms with Gasteiger partial charge >= 0.3 is 18.6 Å². The van der Waals surface area contributed by atoms with Crippen LogP contribution in [-0.4, -0.2) is 44.3 Å². The average Bonchev–Trinajstić information content (AvgIpc) is 3.36. The third kappa shape index (κ3) is 5.90. The molecule has 1 aromatic carbocycles. The zero-order valence-corrected chi connectivity index (χ0v) is 13.2. The number of nitrogens with one attached hydrogen (secondary N) is 2. The first kappa shape index (κ1) is 18.4. The van der Waals surface area contributed by atoms with Gasteiger partial charge in [-0.3, -0.25) is 10.1 Å². The highest BCUT2D eigenvalue weighted by Gasteiger charge is 2.24. The number of benzene rings is 1. The summed E-state index contributed by atoms with van der Waals surface area (Å²) < 4.78 is 38.3. The zero-order chi connectivity index (χ0) is 18.4. The summed E-state index contributed by atoms with van der Waals surface area (Å²) in [5, 5.41) is 4.55. The number of carbonyl (C=O) groups is 3. The summed E-state index contributed by atoms with van der Waals surface area (Å²) in [6.07, 6.45) is 1.73. The quantitative estimate of drug-likeness (QED) is 0.715. The van der Waals surface area contributed by atoms with Crippen molar-refractivity contribution in [3.63, 3.8) is 0 Å². The summed E-state index contributed by atoms with van der Waals surface area (Å²) in [7, 11) is 1.22. The van der Waals surface area contributed by atoms with Gasteiger partial charge in [-0.25, -0.2) is 9.59 Å². The van der Waals surface area contributed by atoms with Gasteiger partial charge in [0.15, 0.2) is 18.1 Å². The van der Waals surface area contributed by atoms with Crippen LogP contribution < -0.4 is 20.1 Å². The highest BCUT2D eigenvalue weighted by Crippen LogP contribution is 2.29. The van der Waals surface area contributed by atoms with Gasteiger partial charge in [-0.15, -0.1) is 0 Å². The Morgan fingerprint density at radius 1 is 1.24 bits per heavy atom. The molecule has 0 saturated heterocycles. The van der Waals surface area contributed by atoms with Gasteiger partial charge in [-0.2, -0.15) is 8.78 Å². The van der Waals surface area contributed by atoms with E-state index >= 15 is 0 Å². The van der Waals surface area contributed by atoms with Gasteiger partial charge in [0.1, 0.15) is 0 Å². The van der Waals surface area contributed by atoms with Crippen LogP contribution in [0.4, 0.5) is 13.6 Å². The minimum Gasteiger partial charge on any atom is -0.493 e. The van der Waals surface area contributed by atoms with Gasteiger partial charge in [0.05, 0.1) is 12.7 Å². The van der Waals surface area contributed by atoms with Crippen LogP contribution in [0, 0.1) is 0 Å². The minimum absolute atomic E-state index is 0.0336. The molecule has 1 aromatic rings. The molecule has 8 nitrogen and oxygen atoms in total. The second-order valence-corrected chi connectivity index (χ2v) is 5.12. The minimum atomic E-state index is -3.04. The summed E-state index contributed by atoms with van der Waals surface area (Å²) in [6.45, 7) is -3.72. The van der Waals surface area contributed by atoms with E-state index in [2.05, 4.69) is 10.1 Å². The third-order valence-corrected chi connectivity index (χ3v) is 3.12. The van der Waals surface area contributed by atoms with E-state index in [1.54, 1.807) is 0 Å². The fraction of sp³-hybridized carbons (Fsp3) is 0.400. The Labute approximate surface area is 141 Å². The molecular formula is C15H16F2N2O6. The number of hydrogen-bond acceptors (Lipinski definition) is 6. The van der Waals surface area contributed by atoms with Gasteiger partial charge in [0.25, 0.3) is 5.91 Å². The average molecular weight is 358 g/mol. The molecule has 0 spiro atoms. The lowest BCUT2D eigenvalue weighted by Crippen LogP contribution is -2.42. The van der Waals surface area contributed by atoms with Gasteiger partial charge < -0.3 is 19.5 Å². The van der Waals surface area contributed by atoms with Crippen LogP contribution in [-0.2, 0) is 9.53 Å². The maximum absolute atomic E-state index is 12.2. The van der Waals surface area contributed by atoms with Crippen molar-refractivity contribution in [2.24, 2.45) is 0 Å². The molecule has 136 valence electrons. The van der Waals surface area contributed by atoms with Gasteiger partial charge in [-0.1, -0.05) is 0 Å². The molecular weight excluding hydrogens is 342 g/mol. The topological polar surface area (TPSA) is 103 Å². The Morgan fingerprint density at radius 2 is 1.96 bits per heavy atom. The Kier molecular flexibility index (Phi) is 6.09. The second-order valence-electron chi connectivity index (χ2n) is 5.12. The molecule has 0 aromatic heterocycles. The van der Waals surface area contributed by atoms with Crippen LogP contribution in [0.5, 0.6) is 11.5 Å². The summed E-state index contributed by atoms with van der Waals surface area (Å²) in [4.78, 5) is 34.7. The fourth-order valence-corrected chi connectivity index (χ4v) is 1.81.